The van der Waals surface area contributed by atoms with Crippen molar-refractivity contribution in [2.24, 2.45) is 0 Å². The molecular formula is C13H9BrClN3O3. The van der Waals surface area contributed by atoms with Crippen molar-refractivity contribution in [3.8, 4) is 0 Å². The van der Waals surface area contributed by atoms with Gasteiger partial charge in [-0.3, -0.25) is 14.9 Å². The lowest BCUT2D eigenvalue weighted by Crippen LogP contribution is -2.14. The van der Waals surface area contributed by atoms with Gasteiger partial charge >= 0.3 is 5.69 Å². The molecule has 1 N–H and O–H groups in total. The van der Waals surface area contributed by atoms with E-state index >= 15 is 0 Å². The molecule has 1 aromatic heterocycles. The van der Waals surface area contributed by atoms with E-state index in [4.69, 9.17) is 11.6 Å². The Kier molecular flexibility index (Phi) is 4.54. The number of nitrogens with zero attached hydrogens (tertiary/aromatic N) is 2. The first-order valence-corrected chi connectivity index (χ1v) is 6.93. The number of nitro groups is 1. The third kappa shape index (κ3) is 3.37. The number of nitro benzene ring substituents is 1. The van der Waals surface area contributed by atoms with Crippen molar-refractivity contribution in [2.75, 3.05) is 5.32 Å². The molecule has 0 saturated carbocycles. The molecule has 0 radical (unpaired) electrons. The fourth-order valence-electron chi connectivity index (χ4n) is 1.71. The number of carbonyl (C=O) groups excluding carboxylic acids is 1. The van der Waals surface area contributed by atoms with E-state index in [1.807, 2.05) is 6.92 Å². The predicted octanol–water partition coefficient (Wildman–Crippen LogP) is 3.97. The van der Waals surface area contributed by atoms with Crippen LogP contribution in [-0.2, 0) is 0 Å². The van der Waals surface area contributed by atoms with E-state index < -0.39 is 16.5 Å². The highest BCUT2D eigenvalue weighted by Gasteiger charge is 2.23. The fraction of sp³-hybridized carbons (Fsp3) is 0.0769. The maximum Gasteiger partial charge on any atom is 0.300 e. The number of amides is 1. The molecule has 0 fully saturated rings. The third-order valence-electron chi connectivity index (χ3n) is 2.69. The number of benzene rings is 1. The quantitative estimate of drug-likeness (QED) is 0.503. The van der Waals surface area contributed by atoms with Crippen LogP contribution in [0.15, 0.2) is 35.1 Å². The summed E-state index contributed by atoms with van der Waals surface area (Å²) in [7, 11) is 0. The predicted molar refractivity (Wildman–Crippen MR) is 82.7 cm³/mol. The zero-order valence-corrected chi connectivity index (χ0v) is 13.1. The largest absolute Gasteiger partial charge is 0.320 e. The summed E-state index contributed by atoms with van der Waals surface area (Å²) < 4.78 is 0.661. The van der Waals surface area contributed by atoms with Gasteiger partial charge in [0.1, 0.15) is 15.2 Å². The Labute approximate surface area is 133 Å². The lowest BCUT2D eigenvalue weighted by atomic mass is 10.1. The molecule has 108 valence electrons. The van der Waals surface area contributed by atoms with Crippen LogP contribution in [0.5, 0.6) is 0 Å². The zero-order valence-electron chi connectivity index (χ0n) is 10.8. The molecule has 0 spiro atoms. The average Bonchev–Trinajstić information content (AvgIpc) is 2.42. The Morgan fingerprint density at radius 2 is 2.19 bits per heavy atom. The fourth-order valence-corrected chi connectivity index (χ4v) is 2.17. The van der Waals surface area contributed by atoms with Gasteiger partial charge in [0, 0.05) is 0 Å². The number of carbonyl (C=O) groups is 1. The zero-order chi connectivity index (χ0) is 15.6. The number of aromatic nitrogens is 1. The van der Waals surface area contributed by atoms with Gasteiger partial charge in [-0.25, -0.2) is 4.98 Å². The Morgan fingerprint density at radius 1 is 1.48 bits per heavy atom. The van der Waals surface area contributed by atoms with E-state index in [1.54, 1.807) is 6.07 Å². The maximum atomic E-state index is 12.2. The van der Waals surface area contributed by atoms with Crippen molar-refractivity contribution in [1.29, 1.82) is 0 Å². The van der Waals surface area contributed by atoms with Gasteiger partial charge in [0.2, 0.25) is 0 Å². The van der Waals surface area contributed by atoms with Crippen LogP contribution in [0.2, 0.25) is 5.02 Å². The number of halogens is 2. The Hall–Kier alpha value is -1.99. The van der Waals surface area contributed by atoms with E-state index in [0.29, 0.717) is 10.3 Å². The van der Waals surface area contributed by atoms with E-state index in [1.165, 1.54) is 24.4 Å². The van der Waals surface area contributed by atoms with E-state index in [-0.39, 0.29) is 10.6 Å². The molecule has 1 heterocycles. The van der Waals surface area contributed by atoms with Crippen LogP contribution >= 0.6 is 27.5 Å². The summed E-state index contributed by atoms with van der Waals surface area (Å²) in [5.74, 6) is -0.618. The summed E-state index contributed by atoms with van der Waals surface area (Å²) in [6.07, 6.45) is 1.45. The molecule has 1 aromatic carbocycles. The lowest BCUT2D eigenvalue weighted by molar-refractivity contribution is -0.385. The number of rotatable bonds is 3. The first-order valence-electron chi connectivity index (χ1n) is 5.76. The number of hydrogen-bond donors (Lipinski definition) is 1. The molecule has 0 aliphatic rings. The second-order valence-electron chi connectivity index (χ2n) is 4.18. The summed E-state index contributed by atoms with van der Waals surface area (Å²) in [5, 5.41) is 13.5. The second-order valence-corrected chi connectivity index (χ2v) is 5.34. The van der Waals surface area contributed by atoms with E-state index in [0.717, 1.165) is 5.56 Å². The molecule has 0 bridgehead atoms. The lowest BCUT2D eigenvalue weighted by Gasteiger charge is -2.07. The SMILES string of the molecule is Cc1cc(NC(=O)c2cccc(Cl)c2[N+](=O)[O-])cnc1Br. The maximum absolute atomic E-state index is 12.2. The third-order valence-corrected chi connectivity index (χ3v) is 3.82. The monoisotopic (exact) mass is 369 g/mol. The van der Waals surface area contributed by atoms with Gasteiger partial charge in [-0.1, -0.05) is 17.7 Å². The van der Waals surface area contributed by atoms with Crippen LogP contribution in [0.25, 0.3) is 0 Å². The highest BCUT2D eigenvalue weighted by atomic mass is 79.9. The molecule has 21 heavy (non-hydrogen) atoms. The minimum Gasteiger partial charge on any atom is -0.320 e. The Balaban J connectivity index is 2.35. The van der Waals surface area contributed by atoms with Crippen molar-refractivity contribution in [3.05, 3.63) is 61.3 Å². The molecule has 0 aliphatic heterocycles. The molecule has 0 atom stereocenters. The van der Waals surface area contributed by atoms with Crippen LogP contribution in [0, 0.1) is 17.0 Å². The van der Waals surface area contributed by atoms with Crippen LogP contribution < -0.4 is 5.32 Å². The normalized spacial score (nSPS) is 10.2. The highest BCUT2D eigenvalue weighted by Crippen LogP contribution is 2.29. The van der Waals surface area contributed by atoms with Crippen molar-refractivity contribution in [3.63, 3.8) is 0 Å². The molecule has 2 rings (SSSR count). The number of pyridine rings is 1. The van der Waals surface area contributed by atoms with E-state index in [2.05, 4.69) is 26.2 Å². The number of hydrogen-bond acceptors (Lipinski definition) is 4. The van der Waals surface area contributed by atoms with Gasteiger partial charge in [-0.2, -0.15) is 0 Å². The van der Waals surface area contributed by atoms with Crippen LogP contribution in [0.1, 0.15) is 15.9 Å². The molecule has 6 nitrogen and oxygen atoms in total. The van der Waals surface area contributed by atoms with Gasteiger partial charge in [0.15, 0.2) is 0 Å². The van der Waals surface area contributed by atoms with Crippen LogP contribution in [-0.4, -0.2) is 15.8 Å². The Bertz CT molecular complexity index is 737. The summed E-state index contributed by atoms with van der Waals surface area (Å²) >= 11 is 9.03. The highest BCUT2D eigenvalue weighted by molar-refractivity contribution is 9.10. The summed E-state index contributed by atoms with van der Waals surface area (Å²) in [6, 6.07) is 5.89. The number of anilines is 1. The van der Waals surface area contributed by atoms with Gasteiger partial charge < -0.3 is 5.32 Å². The van der Waals surface area contributed by atoms with Crippen molar-refractivity contribution >= 4 is 44.8 Å². The second kappa shape index (κ2) is 6.19. The standard InChI is InChI=1S/C13H9BrClN3O3/c1-7-5-8(6-16-12(7)14)17-13(19)9-3-2-4-10(15)11(9)18(20)21/h2-6H,1H3,(H,17,19). The van der Waals surface area contributed by atoms with Crippen molar-refractivity contribution in [1.82, 2.24) is 4.98 Å². The van der Waals surface area contributed by atoms with E-state index in [9.17, 15) is 14.9 Å². The minimum absolute atomic E-state index is 0.0854. The van der Waals surface area contributed by atoms with Gasteiger partial charge in [0.25, 0.3) is 5.91 Å². The van der Waals surface area contributed by atoms with Crippen LogP contribution in [0.3, 0.4) is 0 Å². The first kappa shape index (κ1) is 15.4. The topological polar surface area (TPSA) is 85.1 Å². The van der Waals surface area contributed by atoms with Crippen LogP contribution in [0.4, 0.5) is 11.4 Å². The minimum atomic E-state index is -0.678. The summed E-state index contributed by atoms with van der Waals surface area (Å²) in [4.78, 5) is 26.6. The van der Waals surface area contributed by atoms with Crippen molar-refractivity contribution < 1.29 is 9.72 Å². The molecule has 0 saturated heterocycles. The molecule has 2 aromatic rings. The van der Waals surface area contributed by atoms with Crippen molar-refractivity contribution in [2.45, 2.75) is 6.92 Å². The molecule has 0 unspecified atom stereocenters. The molecule has 0 aliphatic carbocycles. The number of nitrogens with one attached hydrogen (secondary N) is 1. The smallest absolute Gasteiger partial charge is 0.300 e. The molecule has 8 heteroatoms. The van der Waals surface area contributed by atoms with Gasteiger partial charge in [-0.05, 0) is 46.6 Å². The number of aryl methyl sites for hydroxylation is 1. The summed E-state index contributed by atoms with van der Waals surface area (Å²) in [6.45, 7) is 1.81. The average molecular weight is 371 g/mol. The van der Waals surface area contributed by atoms with Gasteiger partial charge in [-0.15, -0.1) is 0 Å². The number of para-hydroxylation sites is 1. The molecular weight excluding hydrogens is 362 g/mol. The summed E-state index contributed by atoms with van der Waals surface area (Å²) in [5.41, 5.74) is 0.745. The van der Waals surface area contributed by atoms with Gasteiger partial charge in [0.05, 0.1) is 16.8 Å². The Morgan fingerprint density at radius 3 is 2.81 bits per heavy atom. The molecule has 1 amide bonds. The first-order chi connectivity index (χ1) is 9.90.